The summed E-state index contributed by atoms with van der Waals surface area (Å²) in [6, 6.07) is 6.54. The predicted octanol–water partition coefficient (Wildman–Crippen LogP) is 4.97. The number of carboxylic acids is 1. The van der Waals surface area contributed by atoms with Gasteiger partial charge in [-0.2, -0.15) is 13.2 Å². The van der Waals surface area contributed by atoms with Crippen LogP contribution in [0, 0.1) is 5.82 Å². The molecule has 0 bridgehead atoms. The quantitative estimate of drug-likeness (QED) is 0.765. The summed E-state index contributed by atoms with van der Waals surface area (Å²) in [5, 5.41) is 9.11. The van der Waals surface area contributed by atoms with Gasteiger partial charge < -0.3 is 5.11 Å². The largest absolute Gasteiger partial charge is 0.478 e. The van der Waals surface area contributed by atoms with E-state index in [-0.39, 0.29) is 16.7 Å². The zero-order valence-electron chi connectivity index (χ0n) is 10.2. The van der Waals surface area contributed by atoms with Gasteiger partial charge in [-0.05, 0) is 35.4 Å². The molecule has 2 aromatic rings. The van der Waals surface area contributed by atoms with Gasteiger partial charge in [0.25, 0.3) is 0 Å². The van der Waals surface area contributed by atoms with Crippen molar-refractivity contribution in [1.29, 1.82) is 0 Å². The van der Waals surface area contributed by atoms with E-state index in [9.17, 15) is 22.4 Å². The summed E-state index contributed by atoms with van der Waals surface area (Å²) < 4.78 is 51.6. The van der Waals surface area contributed by atoms with Crippen LogP contribution in [0.2, 0.25) is 0 Å². The molecule has 0 aliphatic carbocycles. The van der Waals surface area contributed by atoms with Crippen LogP contribution in [0.1, 0.15) is 15.9 Å². The summed E-state index contributed by atoms with van der Waals surface area (Å²) in [4.78, 5) is 11.2. The van der Waals surface area contributed by atoms with E-state index in [1.54, 1.807) is 0 Å². The maximum absolute atomic E-state index is 13.6. The number of alkyl halides is 3. The number of hydrogen-bond donors (Lipinski definition) is 1. The molecule has 0 amide bonds. The third-order valence-corrected chi connectivity index (χ3v) is 3.29. The summed E-state index contributed by atoms with van der Waals surface area (Å²) in [6.45, 7) is 0. The highest BCUT2D eigenvalue weighted by atomic mass is 79.9. The molecular weight excluding hydrogens is 356 g/mol. The second-order valence-corrected chi connectivity index (χ2v) is 5.10. The molecule has 0 heterocycles. The molecule has 0 atom stereocenters. The minimum atomic E-state index is -4.79. The molecule has 7 heteroatoms. The second-order valence-electron chi connectivity index (χ2n) is 4.19. The third kappa shape index (κ3) is 3.24. The fourth-order valence-electron chi connectivity index (χ4n) is 1.86. The summed E-state index contributed by atoms with van der Waals surface area (Å²) >= 11 is 3.10. The number of halogens is 5. The molecule has 1 N–H and O–H groups in total. The van der Waals surface area contributed by atoms with E-state index >= 15 is 0 Å². The predicted molar refractivity (Wildman–Crippen MR) is 71.5 cm³/mol. The Kier molecular flexibility index (Phi) is 4.04. The maximum Gasteiger partial charge on any atom is 0.419 e. The van der Waals surface area contributed by atoms with Gasteiger partial charge in [-0.1, -0.05) is 28.1 Å². The molecule has 110 valence electrons. The van der Waals surface area contributed by atoms with Crippen molar-refractivity contribution < 1.29 is 27.5 Å². The minimum Gasteiger partial charge on any atom is -0.478 e. The average molecular weight is 363 g/mol. The van der Waals surface area contributed by atoms with Gasteiger partial charge in [-0.15, -0.1) is 0 Å². The van der Waals surface area contributed by atoms with Crippen LogP contribution < -0.4 is 0 Å². The lowest BCUT2D eigenvalue weighted by atomic mass is 9.98. The van der Waals surface area contributed by atoms with Crippen molar-refractivity contribution in [2.75, 3.05) is 0 Å². The number of carbonyl (C=O) groups is 1. The molecule has 2 nitrogen and oxygen atoms in total. The van der Waals surface area contributed by atoms with Crippen molar-refractivity contribution in [3.8, 4) is 11.1 Å². The van der Waals surface area contributed by atoms with Crippen LogP contribution in [0.4, 0.5) is 17.6 Å². The second kappa shape index (κ2) is 5.48. The Balaban J connectivity index is 2.59. The fraction of sp³-hybridized carbons (Fsp3) is 0.0714. The summed E-state index contributed by atoms with van der Waals surface area (Å²) in [7, 11) is 0. The molecule has 0 fully saturated rings. The SMILES string of the molecule is O=C(O)c1cc(Br)ccc1-c1ccc(C(F)(F)F)c(F)c1. The Morgan fingerprint density at radius 3 is 2.29 bits per heavy atom. The normalized spacial score (nSPS) is 11.5. The van der Waals surface area contributed by atoms with E-state index < -0.39 is 23.5 Å². The number of carboxylic acid groups (broad SMARTS) is 1. The van der Waals surface area contributed by atoms with E-state index in [2.05, 4.69) is 15.9 Å². The van der Waals surface area contributed by atoms with Crippen LogP contribution in [0.25, 0.3) is 11.1 Å². The number of aromatic carboxylic acids is 1. The first kappa shape index (κ1) is 15.5. The molecule has 0 unspecified atom stereocenters. The van der Waals surface area contributed by atoms with Gasteiger partial charge >= 0.3 is 12.1 Å². The zero-order chi connectivity index (χ0) is 15.8. The molecule has 0 radical (unpaired) electrons. The van der Waals surface area contributed by atoms with Gasteiger partial charge in [0.1, 0.15) is 5.82 Å². The summed E-state index contributed by atoms with van der Waals surface area (Å²) in [5.41, 5.74) is -1.33. The molecule has 2 rings (SSSR count). The van der Waals surface area contributed by atoms with Gasteiger partial charge in [0.15, 0.2) is 0 Å². The third-order valence-electron chi connectivity index (χ3n) is 2.80. The van der Waals surface area contributed by atoms with E-state index in [4.69, 9.17) is 5.11 Å². The van der Waals surface area contributed by atoms with Crippen molar-refractivity contribution in [2.45, 2.75) is 6.18 Å². The monoisotopic (exact) mass is 362 g/mol. The lowest BCUT2D eigenvalue weighted by Gasteiger charge is -2.11. The molecule has 2 aromatic carbocycles. The molecule has 0 aliphatic rings. The van der Waals surface area contributed by atoms with Crippen LogP contribution in [-0.2, 0) is 6.18 Å². The van der Waals surface area contributed by atoms with Crippen molar-refractivity contribution in [3.63, 3.8) is 0 Å². The topological polar surface area (TPSA) is 37.3 Å². The lowest BCUT2D eigenvalue weighted by molar-refractivity contribution is -0.139. The molecular formula is C14H7BrF4O2. The molecule has 0 saturated heterocycles. The first-order valence-corrected chi connectivity index (χ1v) is 6.39. The zero-order valence-corrected chi connectivity index (χ0v) is 11.8. The van der Waals surface area contributed by atoms with Gasteiger partial charge in [0.05, 0.1) is 11.1 Å². The summed E-state index contributed by atoms with van der Waals surface area (Å²) in [5.74, 6) is -2.70. The Labute approximate surface area is 125 Å². The Bertz CT molecular complexity index is 711. The Morgan fingerprint density at radius 1 is 1.10 bits per heavy atom. The Hall–Kier alpha value is -1.89. The Morgan fingerprint density at radius 2 is 1.76 bits per heavy atom. The molecule has 0 aliphatic heterocycles. The molecule has 0 saturated carbocycles. The standard InChI is InChI=1S/C14H7BrF4O2/c15-8-2-3-9(10(6-8)13(20)21)7-1-4-11(12(16)5-7)14(17,18)19/h1-6H,(H,20,21). The smallest absolute Gasteiger partial charge is 0.419 e. The van der Waals surface area contributed by atoms with E-state index in [1.807, 2.05) is 0 Å². The molecule has 0 aromatic heterocycles. The van der Waals surface area contributed by atoms with Crippen LogP contribution in [-0.4, -0.2) is 11.1 Å². The van der Waals surface area contributed by atoms with Gasteiger partial charge in [0, 0.05) is 4.47 Å². The highest BCUT2D eigenvalue weighted by Crippen LogP contribution is 2.34. The number of benzene rings is 2. The van der Waals surface area contributed by atoms with Crippen LogP contribution >= 0.6 is 15.9 Å². The molecule has 0 spiro atoms. The van der Waals surface area contributed by atoms with E-state index in [1.165, 1.54) is 18.2 Å². The summed E-state index contributed by atoms with van der Waals surface area (Å²) in [6.07, 6.45) is -4.79. The van der Waals surface area contributed by atoms with Gasteiger partial charge in [-0.25, -0.2) is 9.18 Å². The van der Waals surface area contributed by atoms with Gasteiger partial charge in [0.2, 0.25) is 0 Å². The first-order chi connectivity index (χ1) is 9.70. The maximum atomic E-state index is 13.6. The highest BCUT2D eigenvalue weighted by Gasteiger charge is 2.34. The van der Waals surface area contributed by atoms with Gasteiger partial charge in [-0.3, -0.25) is 0 Å². The fourth-order valence-corrected chi connectivity index (χ4v) is 2.22. The van der Waals surface area contributed by atoms with E-state index in [0.29, 0.717) is 16.6 Å². The van der Waals surface area contributed by atoms with Crippen molar-refractivity contribution in [2.24, 2.45) is 0 Å². The van der Waals surface area contributed by atoms with Crippen LogP contribution in [0.15, 0.2) is 40.9 Å². The van der Waals surface area contributed by atoms with Crippen LogP contribution in [0.3, 0.4) is 0 Å². The number of rotatable bonds is 2. The van der Waals surface area contributed by atoms with Crippen LogP contribution in [0.5, 0.6) is 0 Å². The van der Waals surface area contributed by atoms with Crippen molar-refractivity contribution in [1.82, 2.24) is 0 Å². The lowest BCUT2D eigenvalue weighted by Crippen LogP contribution is -2.08. The highest BCUT2D eigenvalue weighted by molar-refractivity contribution is 9.10. The first-order valence-electron chi connectivity index (χ1n) is 5.60. The average Bonchev–Trinajstić information content (AvgIpc) is 2.36. The van der Waals surface area contributed by atoms with E-state index in [0.717, 1.165) is 6.07 Å². The number of hydrogen-bond acceptors (Lipinski definition) is 1. The van der Waals surface area contributed by atoms with Crippen molar-refractivity contribution >= 4 is 21.9 Å². The minimum absolute atomic E-state index is 0.0606. The molecule has 21 heavy (non-hydrogen) atoms. The van der Waals surface area contributed by atoms with Crippen molar-refractivity contribution in [3.05, 3.63) is 57.8 Å².